The number of hydrogen-bond donors (Lipinski definition) is 3. The topological polar surface area (TPSA) is 124 Å². The van der Waals surface area contributed by atoms with Gasteiger partial charge in [0.2, 0.25) is 0 Å². The van der Waals surface area contributed by atoms with Gasteiger partial charge in [0.1, 0.15) is 24.1 Å². The number of ether oxygens (including phenoxy) is 1. The molecule has 38 heavy (non-hydrogen) atoms. The van der Waals surface area contributed by atoms with E-state index in [2.05, 4.69) is 25.2 Å². The minimum absolute atomic E-state index is 0.0900. The first-order valence-corrected chi connectivity index (χ1v) is 11.9. The fourth-order valence-electron chi connectivity index (χ4n) is 4.64. The number of pyridine rings is 1. The molecule has 2 aromatic heterocycles. The fourth-order valence-corrected chi connectivity index (χ4v) is 4.64. The number of carbonyl (C=O) groups is 1. The van der Waals surface area contributed by atoms with E-state index in [9.17, 15) is 23.1 Å². The Labute approximate surface area is 215 Å². The van der Waals surface area contributed by atoms with E-state index in [1.807, 2.05) is 0 Å². The molecule has 1 unspecified atom stereocenters. The maximum atomic E-state index is 13.5. The molecule has 1 aromatic carbocycles. The standard InChI is InChI=1S/C25H25F3N6O4/c1-14-21-23(32-22(30-14)15-3-2-4-16(7-15)25(26,27)28)34(18-5-6-33(21)11-18)24(37)31-17-8-20(10-29-9-17)38-13-19(36)12-35/h2-4,7-10,18-19,35-36H,5-6,11-13H2,1H3,(H,31,37)/t18?,19-/m1/s1. The Morgan fingerprint density at radius 1 is 1.26 bits per heavy atom. The normalized spacial score (nSPS) is 17.3. The molecule has 0 radical (unpaired) electrons. The lowest BCUT2D eigenvalue weighted by Gasteiger charge is -2.36. The number of aliphatic hydroxyl groups is 2. The lowest BCUT2D eigenvalue weighted by atomic mass is 10.1. The summed E-state index contributed by atoms with van der Waals surface area (Å²) in [7, 11) is 0. The Morgan fingerprint density at radius 3 is 2.84 bits per heavy atom. The van der Waals surface area contributed by atoms with E-state index in [0.29, 0.717) is 42.4 Å². The van der Waals surface area contributed by atoms with Crippen molar-refractivity contribution in [2.24, 2.45) is 0 Å². The number of anilines is 3. The van der Waals surface area contributed by atoms with Gasteiger partial charge in [0.25, 0.3) is 0 Å². The average Bonchev–Trinajstić information content (AvgIpc) is 3.29. The van der Waals surface area contributed by atoms with Crippen molar-refractivity contribution in [2.45, 2.75) is 31.7 Å². The number of aliphatic hydroxyl groups excluding tert-OH is 2. The number of fused-ring (bicyclic) bond motifs is 4. The summed E-state index contributed by atoms with van der Waals surface area (Å²) in [4.78, 5) is 30.2. The van der Waals surface area contributed by atoms with Gasteiger partial charge in [-0.25, -0.2) is 14.8 Å². The van der Waals surface area contributed by atoms with E-state index in [1.165, 1.54) is 35.5 Å². The summed E-state index contributed by atoms with van der Waals surface area (Å²) in [6.07, 6.45) is -2.06. The summed E-state index contributed by atoms with van der Waals surface area (Å²) in [5.41, 5.74) is 0.932. The van der Waals surface area contributed by atoms with Gasteiger partial charge in [0.05, 0.1) is 42.0 Å². The number of halogens is 3. The molecule has 0 saturated carbocycles. The SMILES string of the molecule is Cc1nc(-c2cccc(C(F)(F)F)c2)nc2c1N1CCC(C1)N2C(=O)Nc1cncc(OC[C@H](O)CO)c1. The highest BCUT2D eigenvalue weighted by atomic mass is 19.4. The molecule has 1 saturated heterocycles. The molecule has 3 aromatic rings. The van der Waals surface area contributed by atoms with E-state index >= 15 is 0 Å². The number of nitrogens with zero attached hydrogens (tertiary/aromatic N) is 5. The molecule has 200 valence electrons. The smallest absolute Gasteiger partial charge is 0.416 e. The largest absolute Gasteiger partial charge is 0.489 e. The lowest BCUT2D eigenvalue weighted by molar-refractivity contribution is -0.137. The van der Waals surface area contributed by atoms with Crippen molar-refractivity contribution in [1.29, 1.82) is 0 Å². The summed E-state index contributed by atoms with van der Waals surface area (Å²) in [6, 6.07) is 5.63. The summed E-state index contributed by atoms with van der Waals surface area (Å²) in [5, 5.41) is 21.2. The minimum atomic E-state index is -4.52. The van der Waals surface area contributed by atoms with Gasteiger partial charge >= 0.3 is 12.2 Å². The minimum Gasteiger partial charge on any atom is -0.489 e. The number of urea groups is 1. The third-order valence-electron chi connectivity index (χ3n) is 6.40. The molecule has 10 nitrogen and oxygen atoms in total. The summed E-state index contributed by atoms with van der Waals surface area (Å²) in [6.45, 7) is 2.40. The molecule has 0 spiro atoms. The van der Waals surface area contributed by atoms with E-state index < -0.39 is 30.5 Å². The second-order valence-electron chi connectivity index (χ2n) is 9.13. The van der Waals surface area contributed by atoms with Crippen molar-refractivity contribution in [3.05, 3.63) is 54.0 Å². The van der Waals surface area contributed by atoms with Gasteiger partial charge in [-0.15, -0.1) is 0 Å². The number of benzene rings is 1. The molecule has 3 N–H and O–H groups in total. The van der Waals surface area contributed by atoms with Crippen LogP contribution < -0.4 is 19.9 Å². The summed E-state index contributed by atoms with van der Waals surface area (Å²) in [5.74, 6) is 0.695. The van der Waals surface area contributed by atoms with Crippen LogP contribution in [0.15, 0.2) is 42.7 Å². The van der Waals surface area contributed by atoms with Gasteiger partial charge in [-0.05, 0) is 25.5 Å². The van der Waals surface area contributed by atoms with E-state index in [1.54, 1.807) is 6.92 Å². The first kappa shape index (κ1) is 25.7. The predicted octanol–water partition coefficient (Wildman–Crippen LogP) is 3.23. The molecule has 2 amide bonds. The van der Waals surface area contributed by atoms with Gasteiger partial charge in [-0.3, -0.25) is 9.88 Å². The van der Waals surface area contributed by atoms with Crippen LogP contribution in [0.1, 0.15) is 17.7 Å². The van der Waals surface area contributed by atoms with Crippen LogP contribution in [0.5, 0.6) is 5.75 Å². The van der Waals surface area contributed by atoms with Crippen LogP contribution in [-0.2, 0) is 6.18 Å². The van der Waals surface area contributed by atoms with E-state index in [4.69, 9.17) is 9.84 Å². The predicted molar refractivity (Wildman–Crippen MR) is 132 cm³/mol. The Balaban J connectivity index is 1.46. The quantitative estimate of drug-likeness (QED) is 0.444. The van der Waals surface area contributed by atoms with Gasteiger partial charge < -0.3 is 25.2 Å². The molecule has 2 aliphatic heterocycles. The number of alkyl halides is 3. The highest BCUT2D eigenvalue weighted by Gasteiger charge is 2.42. The third-order valence-corrected chi connectivity index (χ3v) is 6.40. The molecular formula is C25H25F3N6O4. The molecule has 13 heteroatoms. The number of aryl methyl sites for hydroxylation is 1. The average molecular weight is 531 g/mol. The Hall–Kier alpha value is -3.97. The van der Waals surface area contributed by atoms with Crippen LogP contribution >= 0.6 is 0 Å². The number of nitrogens with one attached hydrogen (secondary N) is 1. The number of hydrogen-bond acceptors (Lipinski definition) is 8. The molecule has 2 bridgehead atoms. The molecule has 2 atom stereocenters. The Kier molecular flexibility index (Phi) is 6.80. The number of amides is 2. The van der Waals surface area contributed by atoms with Gasteiger partial charge in [0, 0.05) is 24.7 Å². The van der Waals surface area contributed by atoms with Crippen LogP contribution in [-0.4, -0.2) is 69.6 Å². The number of rotatable bonds is 6. The van der Waals surface area contributed by atoms with Crippen LogP contribution in [0.3, 0.4) is 0 Å². The number of carbonyl (C=O) groups excluding carboxylic acids is 1. The van der Waals surface area contributed by atoms with Crippen molar-refractivity contribution in [3.8, 4) is 17.1 Å². The van der Waals surface area contributed by atoms with Crippen LogP contribution in [0, 0.1) is 6.92 Å². The first-order valence-electron chi connectivity index (χ1n) is 11.9. The van der Waals surface area contributed by atoms with E-state index in [0.717, 1.165) is 12.1 Å². The van der Waals surface area contributed by atoms with Gasteiger partial charge in [0.15, 0.2) is 11.6 Å². The van der Waals surface area contributed by atoms with Crippen molar-refractivity contribution in [2.75, 3.05) is 41.4 Å². The molecule has 0 aliphatic carbocycles. The van der Waals surface area contributed by atoms with Crippen LogP contribution in [0.4, 0.5) is 35.2 Å². The van der Waals surface area contributed by atoms with Crippen molar-refractivity contribution in [1.82, 2.24) is 15.0 Å². The second-order valence-corrected chi connectivity index (χ2v) is 9.13. The molecule has 1 fully saturated rings. The molecule has 4 heterocycles. The van der Waals surface area contributed by atoms with Gasteiger partial charge in [-0.1, -0.05) is 12.1 Å². The van der Waals surface area contributed by atoms with E-state index in [-0.39, 0.29) is 29.8 Å². The van der Waals surface area contributed by atoms with Crippen molar-refractivity contribution >= 4 is 23.2 Å². The van der Waals surface area contributed by atoms with Crippen molar-refractivity contribution in [3.63, 3.8) is 0 Å². The maximum absolute atomic E-state index is 13.5. The Morgan fingerprint density at radius 2 is 2.08 bits per heavy atom. The summed E-state index contributed by atoms with van der Waals surface area (Å²) < 4.78 is 45.3. The molecule has 5 rings (SSSR count). The van der Waals surface area contributed by atoms with Crippen molar-refractivity contribution < 1.29 is 32.9 Å². The monoisotopic (exact) mass is 530 g/mol. The Bertz CT molecular complexity index is 1350. The fraction of sp³-hybridized carbons (Fsp3) is 0.360. The van der Waals surface area contributed by atoms with Crippen LogP contribution in [0.25, 0.3) is 11.4 Å². The first-order chi connectivity index (χ1) is 18.1. The molecular weight excluding hydrogens is 505 g/mol. The lowest BCUT2D eigenvalue weighted by Crippen LogP contribution is -2.48. The second kappa shape index (κ2) is 10.1. The summed E-state index contributed by atoms with van der Waals surface area (Å²) >= 11 is 0. The zero-order chi connectivity index (χ0) is 27.0. The zero-order valence-corrected chi connectivity index (χ0v) is 20.3. The van der Waals surface area contributed by atoms with Crippen LogP contribution in [0.2, 0.25) is 0 Å². The zero-order valence-electron chi connectivity index (χ0n) is 20.3. The third kappa shape index (κ3) is 5.07. The maximum Gasteiger partial charge on any atom is 0.416 e. The molecule has 2 aliphatic rings. The highest BCUT2D eigenvalue weighted by molar-refractivity contribution is 6.05. The number of aromatic nitrogens is 3. The van der Waals surface area contributed by atoms with Gasteiger partial charge in [-0.2, -0.15) is 13.2 Å². The highest BCUT2D eigenvalue weighted by Crippen LogP contribution is 2.42.